The lowest BCUT2D eigenvalue weighted by molar-refractivity contribution is -0.140. The highest BCUT2D eigenvalue weighted by atomic mass is 31.2. The summed E-state index contributed by atoms with van der Waals surface area (Å²) in [5.74, 6) is -0.735. The number of hydrogen-bond acceptors (Lipinski definition) is 4. The number of rotatable bonds is 10. The molecule has 1 aromatic rings. The van der Waals surface area contributed by atoms with Crippen LogP contribution in [0.4, 0.5) is 0 Å². The molecule has 0 aliphatic carbocycles. The van der Waals surface area contributed by atoms with E-state index in [0.717, 1.165) is 5.56 Å². The second-order valence-electron chi connectivity index (χ2n) is 11.2. The maximum atomic E-state index is 13.7. The van der Waals surface area contributed by atoms with E-state index in [-0.39, 0.29) is 23.0 Å². The third-order valence-corrected chi connectivity index (χ3v) is 7.61. The monoisotopic (exact) mass is 509 g/mol. The van der Waals surface area contributed by atoms with Gasteiger partial charge >= 0.3 is 7.60 Å². The third kappa shape index (κ3) is 8.01. The Bertz CT molecular complexity index is 947. The van der Waals surface area contributed by atoms with E-state index < -0.39 is 36.6 Å². The van der Waals surface area contributed by atoms with Gasteiger partial charge in [-0.3, -0.25) is 14.2 Å². The van der Waals surface area contributed by atoms with Crippen molar-refractivity contribution in [2.45, 2.75) is 78.9 Å². The SMILES string of the molecule is CN[C@H](C(=O)N[C@H](C(=O)N(C)[C@H](/C=C(\C)P(=O)(O)O)C(C)C)C(C)(C)C)C(C)(C)c1ccccc1. The van der Waals surface area contributed by atoms with Crippen molar-refractivity contribution in [2.24, 2.45) is 11.3 Å². The summed E-state index contributed by atoms with van der Waals surface area (Å²) in [4.78, 5) is 47.8. The molecule has 35 heavy (non-hydrogen) atoms. The lowest BCUT2D eigenvalue weighted by Gasteiger charge is -2.40. The Morgan fingerprint density at radius 1 is 1.03 bits per heavy atom. The molecule has 0 aromatic heterocycles. The van der Waals surface area contributed by atoms with E-state index in [0.29, 0.717) is 0 Å². The molecule has 1 rings (SSSR count). The summed E-state index contributed by atoms with van der Waals surface area (Å²) in [6.45, 7) is 14.7. The second-order valence-corrected chi connectivity index (χ2v) is 12.9. The number of benzene rings is 1. The van der Waals surface area contributed by atoms with Crippen LogP contribution >= 0.6 is 7.60 Å². The van der Waals surface area contributed by atoms with E-state index in [9.17, 15) is 23.9 Å². The quantitative estimate of drug-likeness (QED) is 0.358. The molecule has 0 radical (unpaired) electrons. The van der Waals surface area contributed by atoms with E-state index in [4.69, 9.17) is 0 Å². The summed E-state index contributed by atoms with van der Waals surface area (Å²) >= 11 is 0. The number of likely N-dealkylation sites (N-methyl/N-ethyl adjacent to an activating group) is 2. The molecule has 0 saturated heterocycles. The van der Waals surface area contributed by atoms with E-state index in [2.05, 4.69) is 10.6 Å². The summed E-state index contributed by atoms with van der Waals surface area (Å²) in [5, 5.41) is 6.00. The number of carbonyl (C=O) groups excluding carboxylic acids is 2. The van der Waals surface area contributed by atoms with E-state index in [1.807, 2.05) is 78.8 Å². The third-order valence-electron chi connectivity index (χ3n) is 6.54. The molecule has 8 nitrogen and oxygen atoms in total. The normalized spacial score (nSPS) is 16.0. The van der Waals surface area contributed by atoms with Gasteiger partial charge in [0.2, 0.25) is 11.8 Å². The average molecular weight is 510 g/mol. The molecule has 3 atom stereocenters. The van der Waals surface area contributed by atoms with Crippen molar-refractivity contribution in [1.82, 2.24) is 15.5 Å². The van der Waals surface area contributed by atoms with Crippen molar-refractivity contribution >= 4 is 19.4 Å². The van der Waals surface area contributed by atoms with Crippen LogP contribution in [0.2, 0.25) is 0 Å². The van der Waals surface area contributed by atoms with Gasteiger partial charge < -0.3 is 25.3 Å². The van der Waals surface area contributed by atoms with Crippen LogP contribution < -0.4 is 10.6 Å². The first-order valence-corrected chi connectivity index (χ1v) is 13.5. The molecule has 0 spiro atoms. The van der Waals surface area contributed by atoms with Gasteiger partial charge in [-0.25, -0.2) is 0 Å². The topological polar surface area (TPSA) is 119 Å². The minimum absolute atomic E-state index is 0.0907. The molecule has 4 N–H and O–H groups in total. The van der Waals surface area contributed by atoms with Crippen LogP contribution in [0.3, 0.4) is 0 Å². The Kier molecular flexibility index (Phi) is 10.5. The first-order valence-electron chi connectivity index (χ1n) is 11.9. The van der Waals surface area contributed by atoms with Crippen molar-refractivity contribution in [1.29, 1.82) is 0 Å². The Labute approximate surface area is 210 Å². The zero-order chi connectivity index (χ0) is 27.4. The highest BCUT2D eigenvalue weighted by molar-refractivity contribution is 7.56. The average Bonchev–Trinajstić information content (AvgIpc) is 2.73. The van der Waals surface area contributed by atoms with Crippen LogP contribution in [0, 0.1) is 11.3 Å². The van der Waals surface area contributed by atoms with Gasteiger partial charge in [-0.15, -0.1) is 0 Å². The van der Waals surface area contributed by atoms with Crippen LogP contribution in [0.25, 0.3) is 0 Å². The zero-order valence-electron chi connectivity index (χ0n) is 22.8. The number of allylic oxidation sites excluding steroid dienone is 1. The molecule has 0 unspecified atom stereocenters. The molecular formula is C26H44N3O5P. The Morgan fingerprint density at radius 2 is 1.54 bits per heavy atom. The van der Waals surface area contributed by atoms with E-state index in [1.165, 1.54) is 17.9 Å². The highest BCUT2D eigenvalue weighted by Gasteiger charge is 2.41. The number of amides is 2. The van der Waals surface area contributed by atoms with Gasteiger partial charge in [-0.1, -0.05) is 84.9 Å². The smallest absolute Gasteiger partial charge is 0.342 e. The first-order chi connectivity index (χ1) is 15.9. The van der Waals surface area contributed by atoms with Crippen molar-refractivity contribution in [2.75, 3.05) is 14.1 Å². The van der Waals surface area contributed by atoms with Crippen molar-refractivity contribution in [3.05, 3.63) is 47.3 Å². The van der Waals surface area contributed by atoms with Crippen molar-refractivity contribution < 1.29 is 23.9 Å². The molecule has 0 aliphatic heterocycles. The molecule has 1 aromatic carbocycles. The number of nitrogens with one attached hydrogen (secondary N) is 2. The fourth-order valence-corrected chi connectivity index (χ4v) is 4.52. The summed E-state index contributed by atoms with van der Waals surface area (Å²) in [7, 11) is -1.10. The van der Waals surface area contributed by atoms with Gasteiger partial charge in [-0.2, -0.15) is 0 Å². The predicted molar refractivity (Wildman–Crippen MR) is 141 cm³/mol. The summed E-state index contributed by atoms with van der Waals surface area (Å²) in [5.41, 5.74) is -0.177. The fourth-order valence-electron chi connectivity index (χ4n) is 4.17. The van der Waals surface area contributed by atoms with Gasteiger partial charge in [0.1, 0.15) is 6.04 Å². The summed E-state index contributed by atoms with van der Waals surface area (Å²) in [6, 6.07) is 7.71. The van der Waals surface area contributed by atoms with Crippen molar-refractivity contribution in [3.8, 4) is 0 Å². The van der Waals surface area contributed by atoms with Crippen molar-refractivity contribution in [3.63, 3.8) is 0 Å². The maximum Gasteiger partial charge on any atom is 0.351 e. The van der Waals surface area contributed by atoms with Gasteiger partial charge in [0.15, 0.2) is 0 Å². The largest absolute Gasteiger partial charge is 0.351 e. The highest BCUT2D eigenvalue weighted by Crippen LogP contribution is 2.45. The first kappa shape index (κ1) is 31.0. The maximum absolute atomic E-state index is 13.7. The summed E-state index contributed by atoms with van der Waals surface area (Å²) < 4.78 is 11.7. The van der Waals surface area contributed by atoms with E-state index >= 15 is 0 Å². The lowest BCUT2D eigenvalue weighted by Crippen LogP contribution is -2.61. The van der Waals surface area contributed by atoms with Gasteiger partial charge in [0.05, 0.1) is 12.1 Å². The molecule has 0 heterocycles. The van der Waals surface area contributed by atoms with Gasteiger partial charge in [0.25, 0.3) is 0 Å². The molecule has 0 bridgehead atoms. The minimum Gasteiger partial charge on any atom is -0.342 e. The predicted octanol–water partition coefficient (Wildman–Crippen LogP) is 3.65. The summed E-state index contributed by atoms with van der Waals surface area (Å²) in [6.07, 6.45) is 1.44. The minimum atomic E-state index is -4.42. The second kappa shape index (κ2) is 11.8. The number of nitrogens with zero attached hydrogens (tertiary/aromatic N) is 1. The lowest BCUT2D eigenvalue weighted by atomic mass is 9.76. The Morgan fingerprint density at radius 3 is 1.94 bits per heavy atom. The molecular weight excluding hydrogens is 465 g/mol. The van der Waals surface area contributed by atoms with Crippen LogP contribution in [0.15, 0.2) is 41.7 Å². The zero-order valence-corrected chi connectivity index (χ0v) is 23.7. The van der Waals surface area contributed by atoms with Crippen LogP contribution in [0.1, 0.15) is 61.0 Å². The molecule has 0 fully saturated rings. The van der Waals surface area contributed by atoms with Crippen LogP contribution in [-0.4, -0.2) is 58.7 Å². The van der Waals surface area contributed by atoms with Crippen LogP contribution in [-0.2, 0) is 19.6 Å². The molecule has 0 aliphatic rings. The molecule has 2 amide bonds. The van der Waals surface area contributed by atoms with Gasteiger partial charge in [-0.05, 0) is 30.9 Å². The molecule has 0 saturated carbocycles. The number of hydrogen-bond donors (Lipinski definition) is 4. The Hall–Kier alpha value is -1.99. The molecule has 198 valence electrons. The number of carbonyl (C=O) groups is 2. The standard InChI is InChI=1S/C26H44N3O5P/c1-17(2)20(16-18(3)35(32,33)34)29(10)24(31)22(25(4,5)6)28-23(30)21(27-9)26(7,8)19-14-12-11-13-15-19/h11-17,20-22,27H,1-10H3,(H,28,30)(H2,32,33,34)/b18-16+/t20-,21-,22-/m1/s1. The molecule has 9 heteroatoms. The fraction of sp³-hybridized carbons (Fsp3) is 0.615. The van der Waals surface area contributed by atoms with Crippen LogP contribution in [0.5, 0.6) is 0 Å². The van der Waals surface area contributed by atoms with Gasteiger partial charge in [0, 0.05) is 17.8 Å². The Balaban J connectivity index is 3.32. The van der Waals surface area contributed by atoms with E-state index in [1.54, 1.807) is 14.1 Å².